The fourth-order valence-corrected chi connectivity index (χ4v) is 2.75. The van der Waals surface area contributed by atoms with E-state index in [1.165, 1.54) is 29.7 Å². The summed E-state index contributed by atoms with van der Waals surface area (Å²) in [6.07, 6.45) is 2.65. The Bertz CT molecular complexity index is 552. The number of nitrogens with zero attached hydrogens (tertiary/aromatic N) is 1. The molecule has 0 atom stereocenters. The number of hydrogen-bond donors (Lipinski definition) is 0. The van der Waals surface area contributed by atoms with Gasteiger partial charge in [-0.25, -0.2) is 4.98 Å². The molecule has 86 valence electrons. The minimum absolute atomic E-state index is 0.0297. The van der Waals surface area contributed by atoms with E-state index in [1.54, 1.807) is 6.92 Å². The van der Waals surface area contributed by atoms with E-state index in [1.807, 2.05) is 5.38 Å². The zero-order valence-corrected chi connectivity index (χ0v) is 10.5. The molecule has 2 aromatic rings. The molecule has 17 heavy (non-hydrogen) atoms. The molecule has 0 unspecified atom stereocenters. The Morgan fingerprint density at radius 3 is 2.53 bits per heavy atom. The van der Waals surface area contributed by atoms with Crippen molar-refractivity contribution >= 4 is 17.1 Å². The van der Waals surface area contributed by atoms with Crippen LogP contribution in [0.25, 0.3) is 10.6 Å². The number of carbonyl (C=O) groups is 1. The second kappa shape index (κ2) is 4.08. The molecule has 3 rings (SSSR count). The first-order valence-electron chi connectivity index (χ1n) is 5.81. The maximum atomic E-state index is 11.2. The van der Waals surface area contributed by atoms with Gasteiger partial charge in [-0.2, -0.15) is 0 Å². The van der Waals surface area contributed by atoms with Gasteiger partial charge < -0.3 is 0 Å². The summed E-state index contributed by atoms with van der Waals surface area (Å²) in [5, 5.41) is 2.75. The molecule has 0 aliphatic heterocycles. The van der Waals surface area contributed by atoms with Gasteiger partial charge in [0.2, 0.25) is 0 Å². The Morgan fingerprint density at radius 2 is 2.00 bits per heavy atom. The van der Waals surface area contributed by atoms with Gasteiger partial charge in [-0.15, -0.1) is 11.3 Å². The van der Waals surface area contributed by atoms with Crippen LogP contribution in [0.4, 0.5) is 0 Å². The molecule has 1 aliphatic rings. The van der Waals surface area contributed by atoms with Crippen molar-refractivity contribution in [1.29, 1.82) is 0 Å². The van der Waals surface area contributed by atoms with Crippen LogP contribution in [0.1, 0.15) is 41.7 Å². The van der Waals surface area contributed by atoms with E-state index >= 15 is 0 Å². The highest BCUT2D eigenvalue weighted by Crippen LogP contribution is 2.40. The smallest absolute Gasteiger partial charge is 0.178 e. The first-order valence-corrected chi connectivity index (χ1v) is 6.69. The Morgan fingerprint density at radius 1 is 1.29 bits per heavy atom. The summed E-state index contributed by atoms with van der Waals surface area (Å²) >= 11 is 1.53. The minimum Gasteiger partial charge on any atom is -0.293 e. The van der Waals surface area contributed by atoms with Crippen LogP contribution in [-0.4, -0.2) is 10.8 Å². The van der Waals surface area contributed by atoms with Crippen LogP contribution in [0.15, 0.2) is 29.6 Å². The van der Waals surface area contributed by atoms with E-state index in [2.05, 4.69) is 29.2 Å². The number of ketones is 1. The lowest BCUT2D eigenvalue weighted by Crippen LogP contribution is -1.91. The highest BCUT2D eigenvalue weighted by molar-refractivity contribution is 7.13. The van der Waals surface area contributed by atoms with Gasteiger partial charge in [0.1, 0.15) is 10.7 Å². The van der Waals surface area contributed by atoms with Gasteiger partial charge in [-0.05, 0) is 24.3 Å². The lowest BCUT2D eigenvalue weighted by molar-refractivity contribution is 0.101. The topological polar surface area (TPSA) is 30.0 Å². The molecule has 1 heterocycles. The van der Waals surface area contributed by atoms with E-state index in [9.17, 15) is 4.79 Å². The van der Waals surface area contributed by atoms with Gasteiger partial charge in [0.05, 0.1) is 0 Å². The summed E-state index contributed by atoms with van der Waals surface area (Å²) in [5.74, 6) is 0.815. The summed E-state index contributed by atoms with van der Waals surface area (Å²) in [6, 6.07) is 8.58. The maximum absolute atomic E-state index is 11.2. The summed E-state index contributed by atoms with van der Waals surface area (Å²) in [7, 11) is 0. The molecule has 0 saturated heterocycles. The highest BCUT2D eigenvalue weighted by Gasteiger charge is 2.23. The average molecular weight is 243 g/mol. The van der Waals surface area contributed by atoms with Crippen molar-refractivity contribution in [2.24, 2.45) is 0 Å². The molecule has 1 fully saturated rings. The number of Topliss-reactive ketones (excluding diaryl/α,β-unsaturated/α-hetero) is 1. The van der Waals surface area contributed by atoms with Crippen LogP contribution < -0.4 is 0 Å². The maximum Gasteiger partial charge on any atom is 0.178 e. The van der Waals surface area contributed by atoms with Gasteiger partial charge in [-0.3, -0.25) is 4.79 Å². The average Bonchev–Trinajstić information content (AvgIpc) is 3.06. The lowest BCUT2D eigenvalue weighted by Gasteiger charge is -1.99. The van der Waals surface area contributed by atoms with E-state index in [0.29, 0.717) is 5.69 Å². The monoisotopic (exact) mass is 243 g/mol. The first-order chi connectivity index (χ1) is 8.24. The molecule has 0 bridgehead atoms. The van der Waals surface area contributed by atoms with Crippen LogP contribution in [0.2, 0.25) is 0 Å². The summed E-state index contributed by atoms with van der Waals surface area (Å²) in [6.45, 7) is 1.55. The van der Waals surface area contributed by atoms with Crippen molar-refractivity contribution in [3.05, 3.63) is 40.9 Å². The standard InChI is InChI=1S/C14H13NOS/c1-9(16)13-8-17-14(15-13)12-6-4-11(5-7-12)10-2-3-10/h4-8,10H,2-3H2,1H3. The number of rotatable bonds is 3. The lowest BCUT2D eigenvalue weighted by atomic mass is 10.1. The fourth-order valence-electron chi connectivity index (χ4n) is 1.88. The van der Waals surface area contributed by atoms with Crippen LogP contribution in [0.5, 0.6) is 0 Å². The molecule has 0 radical (unpaired) electrons. The Labute approximate surface area is 104 Å². The second-order valence-corrected chi connectivity index (χ2v) is 5.35. The van der Waals surface area contributed by atoms with Crippen molar-refractivity contribution < 1.29 is 4.79 Å². The second-order valence-electron chi connectivity index (χ2n) is 4.49. The van der Waals surface area contributed by atoms with Crippen molar-refractivity contribution in [3.8, 4) is 10.6 Å². The predicted octanol–water partition coefficient (Wildman–Crippen LogP) is 3.89. The molecule has 1 aromatic carbocycles. The molecule has 0 spiro atoms. The molecule has 1 aromatic heterocycles. The number of thiazole rings is 1. The molecule has 3 heteroatoms. The molecular weight excluding hydrogens is 230 g/mol. The van der Waals surface area contributed by atoms with Gasteiger partial charge in [-0.1, -0.05) is 24.3 Å². The van der Waals surface area contributed by atoms with E-state index < -0.39 is 0 Å². The van der Waals surface area contributed by atoms with E-state index in [4.69, 9.17) is 0 Å². The zero-order valence-electron chi connectivity index (χ0n) is 9.64. The third-order valence-corrected chi connectivity index (χ3v) is 3.96. The highest BCUT2D eigenvalue weighted by atomic mass is 32.1. The molecule has 0 amide bonds. The molecule has 1 saturated carbocycles. The van der Waals surface area contributed by atoms with Crippen molar-refractivity contribution in [1.82, 2.24) is 4.98 Å². The Balaban J connectivity index is 1.88. The minimum atomic E-state index is 0.0297. The van der Waals surface area contributed by atoms with Crippen LogP contribution >= 0.6 is 11.3 Å². The van der Waals surface area contributed by atoms with Gasteiger partial charge in [0.25, 0.3) is 0 Å². The fraction of sp³-hybridized carbons (Fsp3) is 0.286. The van der Waals surface area contributed by atoms with Gasteiger partial charge in [0.15, 0.2) is 5.78 Å². The van der Waals surface area contributed by atoms with Crippen LogP contribution in [0.3, 0.4) is 0 Å². The normalized spacial score (nSPS) is 14.9. The van der Waals surface area contributed by atoms with Crippen molar-refractivity contribution in [2.45, 2.75) is 25.7 Å². The first kappa shape index (κ1) is 10.7. The Hall–Kier alpha value is -1.48. The SMILES string of the molecule is CC(=O)c1csc(-c2ccc(C3CC3)cc2)n1. The quantitative estimate of drug-likeness (QED) is 0.765. The molecule has 2 nitrogen and oxygen atoms in total. The molecule has 0 N–H and O–H groups in total. The van der Waals surface area contributed by atoms with E-state index in [0.717, 1.165) is 16.5 Å². The van der Waals surface area contributed by atoms with E-state index in [-0.39, 0.29) is 5.78 Å². The number of hydrogen-bond acceptors (Lipinski definition) is 3. The number of benzene rings is 1. The van der Waals surface area contributed by atoms with Crippen LogP contribution in [-0.2, 0) is 0 Å². The third kappa shape index (κ3) is 2.15. The zero-order chi connectivity index (χ0) is 11.8. The van der Waals surface area contributed by atoms with Crippen LogP contribution in [0, 0.1) is 0 Å². The largest absolute Gasteiger partial charge is 0.293 e. The van der Waals surface area contributed by atoms with Gasteiger partial charge in [0, 0.05) is 17.9 Å². The molecule has 1 aliphatic carbocycles. The summed E-state index contributed by atoms with van der Waals surface area (Å²) in [5.41, 5.74) is 3.10. The molecular formula is C14H13NOS. The number of carbonyl (C=O) groups excluding carboxylic acids is 1. The number of aromatic nitrogens is 1. The van der Waals surface area contributed by atoms with Gasteiger partial charge >= 0.3 is 0 Å². The van der Waals surface area contributed by atoms with Crippen molar-refractivity contribution in [3.63, 3.8) is 0 Å². The Kier molecular flexibility index (Phi) is 2.56. The summed E-state index contributed by atoms with van der Waals surface area (Å²) < 4.78 is 0. The van der Waals surface area contributed by atoms with Crippen molar-refractivity contribution in [2.75, 3.05) is 0 Å². The third-order valence-electron chi connectivity index (χ3n) is 3.07. The summed E-state index contributed by atoms with van der Waals surface area (Å²) in [4.78, 5) is 15.5. The predicted molar refractivity (Wildman–Crippen MR) is 69.5 cm³/mol.